The van der Waals surface area contributed by atoms with E-state index >= 15 is 0 Å². The van der Waals surface area contributed by atoms with Crippen LogP contribution in [0.4, 0.5) is 0 Å². The molecule has 0 fully saturated rings. The molecule has 4 heteroatoms. The summed E-state index contributed by atoms with van der Waals surface area (Å²) >= 11 is 0. The largest absolute Gasteiger partial charge is 0.208 e. The summed E-state index contributed by atoms with van der Waals surface area (Å²) in [6, 6.07) is 65.2. The zero-order valence-electron chi connectivity index (χ0n) is 27.6. The molecule has 238 valence electrons. The fraction of sp³-hybridized carbons (Fsp3) is 0.0213. The number of rotatable bonds is 6. The maximum Gasteiger partial charge on any atom is 0.164 e. The average Bonchev–Trinajstić information content (AvgIpc) is 3.52. The molecule has 1 unspecified atom stereocenters. The Kier molecular flexibility index (Phi) is 7.38. The van der Waals surface area contributed by atoms with Gasteiger partial charge in [-0.3, -0.25) is 0 Å². The molecule has 0 N–H and O–H groups in total. The minimum Gasteiger partial charge on any atom is -0.208 e. The molecule has 0 saturated carbocycles. The van der Waals surface area contributed by atoms with Crippen molar-refractivity contribution in [2.24, 2.45) is 0 Å². The van der Waals surface area contributed by atoms with Gasteiger partial charge >= 0.3 is 0 Å². The van der Waals surface area contributed by atoms with Gasteiger partial charge in [0.15, 0.2) is 17.5 Å². The lowest BCUT2D eigenvalue weighted by Crippen LogP contribution is -2.28. The number of fused-ring (bicyclic) bond motifs is 3. The summed E-state index contributed by atoms with van der Waals surface area (Å²) in [6.45, 7) is 0. The first-order chi connectivity index (χ1) is 25.2. The smallest absolute Gasteiger partial charge is 0.164 e. The number of aromatic nitrogens is 3. The summed E-state index contributed by atoms with van der Waals surface area (Å²) in [5.74, 6) is 1.89. The average molecular weight is 651 g/mol. The molecule has 1 aliphatic rings. The number of benzene rings is 7. The Hall–Kier alpha value is -6.96. The quantitative estimate of drug-likeness (QED) is 0.180. The first-order valence-electron chi connectivity index (χ1n) is 17.0. The molecular formula is C47H30N4. The van der Waals surface area contributed by atoms with Crippen LogP contribution in [-0.2, 0) is 5.41 Å². The van der Waals surface area contributed by atoms with Gasteiger partial charge in [0.05, 0.1) is 17.0 Å². The monoisotopic (exact) mass is 650 g/mol. The van der Waals surface area contributed by atoms with Crippen molar-refractivity contribution < 1.29 is 0 Å². The van der Waals surface area contributed by atoms with E-state index in [1.165, 1.54) is 33.4 Å². The first kappa shape index (κ1) is 30.1. The number of nitrogens with zero attached hydrogens (tertiary/aromatic N) is 4. The molecule has 0 aliphatic heterocycles. The second-order valence-electron chi connectivity index (χ2n) is 12.7. The van der Waals surface area contributed by atoms with Gasteiger partial charge in [-0.1, -0.05) is 164 Å². The van der Waals surface area contributed by atoms with E-state index in [9.17, 15) is 5.26 Å². The highest BCUT2D eigenvalue weighted by atomic mass is 15.0. The van der Waals surface area contributed by atoms with Gasteiger partial charge in [0.2, 0.25) is 0 Å². The van der Waals surface area contributed by atoms with E-state index in [0.717, 1.165) is 27.8 Å². The van der Waals surface area contributed by atoms with Gasteiger partial charge < -0.3 is 0 Å². The van der Waals surface area contributed by atoms with Gasteiger partial charge in [-0.05, 0) is 62.7 Å². The number of hydrogen-bond donors (Lipinski definition) is 0. The van der Waals surface area contributed by atoms with Crippen LogP contribution in [0.3, 0.4) is 0 Å². The summed E-state index contributed by atoms with van der Waals surface area (Å²) in [6.07, 6.45) is 0. The fourth-order valence-corrected chi connectivity index (χ4v) is 7.48. The molecule has 1 aliphatic carbocycles. The zero-order valence-corrected chi connectivity index (χ0v) is 27.6. The van der Waals surface area contributed by atoms with Crippen LogP contribution < -0.4 is 0 Å². The minimum atomic E-state index is -0.593. The fourth-order valence-electron chi connectivity index (χ4n) is 7.48. The van der Waals surface area contributed by atoms with Gasteiger partial charge in [-0.2, -0.15) is 5.26 Å². The maximum absolute atomic E-state index is 9.32. The lowest BCUT2D eigenvalue weighted by atomic mass is 9.67. The molecule has 1 aromatic heterocycles. The predicted octanol–water partition coefficient (Wildman–Crippen LogP) is 10.8. The highest BCUT2D eigenvalue weighted by Crippen LogP contribution is 2.56. The zero-order chi connectivity index (χ0) is 34.2. The van der Waals surface area contributed by atoms with Crippen molar-refractivity contribution in [3.63, 3.8) is 0 Å². The highest BCUT2D eigenvalue weighted by Gasteiger charge is 2.46. The molecule has 8 aromatic rings. The van der Waals surface area contributed by atoms with E-state index in [1.807, 2.05) is 84.9 Å². The number of hydrogen-bond acceptors (Lipinski definition) is 4. The molecule has 51 heavy (non-hydrogen) atoms. The van der Waals surface area contributed by atoms with Crippen molar-refractivity contribution in [2.45, 2.75) is 5.41 Å². The van der Waals surface area contributed by atoms with E-state index in [1.54, 1.807) is 0 Å². The Bertz CT molecular complexity index is 2500. The lowest BCUT2D eigenvalue weighted by molar-refractivity contribution is 0.768. The van der Waals surface area contributed by atoms with Crippen molar-refractivity contribution in [1.82, 2.24) is 15.0 Å². The van der Waals surface area contributed by atoms with Crippen LogP contribution in [-0.4, -0.2) is 15.0 Å². The standard InChI is InChI=1S/C47H30N4/c48-31-32-20-22-33(23-21-32)34-24-27-39(28-25-34)47(38-16-8-3-9-17-38)42-19-11-10-18-40(42)41-29-26-37(30-43(41)47)46-50-44(35-12-4-1-5-13-35)49-45(51-46)36-14-6-2-7-15-36/h1-30H. The molecule has 7 aromatic carbocycles. The molecule has 0 saturated heterocycles. The molecule has 9 rings (SSSR count). The lowest BCUT2D eigenvalue weighted by Gasteiger charge is -2.34. The Morgan fingerprint density at radius 1 is 0.373 bits per heavy atom. The van der Waals surface area contributed by atoms with Crippen LogP contribution in [0.5, 0.6) is 0 Å². The molecular weight excluding hydrogens is 621 g/mol. The van der Waals surface area contributed by atoms with Crippen molar-refractivity contribution >= 4 is 0 Å². The van der Waals surface area contributed by atoms with E-state index in [4.69, 9.17) is 15.0 Å². The van der Waals surface area contributed by atoms with Crippen molar-refractivity contribution in [1.29, 1.82) is 5.26 Å². The van der Waals surface area contributed by atoms with Crippen molar-refractivity contribution in [3.05, 3.63) is 210 Å². The Labute approximate surface area is 297 Å². The predicted molar refractivity (Wildman–Crippen MR) is 204 cm³/mol. The molecule has 0 spiro atoms. The van der Waals surface area contributed by atoms with E-state index in [-0.39, 0.29) is 0 Å². The maximum atomic E-state index is 9.32. The van der Waals surface area contributed by atoms with Crippen LogP contribution in [0.25, 0.3) is 56.4 Å². The summed E-state index contributed by atoms with van der Waals surface area (Å²) in [7, 11) is 0. The van der Waals surface area contributed by atoms with Gasteiger partial charge in [0, 0.05) is 16.7 Å². The van der Waals surface area contributed by atoms with Gasteiger partial charge in [-0.25, -0.2) is 15.0 Å². The Morgan fingerprint density at radius 2 is 0.824 bits per heavy atom. The third-order valence-electron chi connectivity index (χ3n) is 9.87. The van der Waals surface area contributed by atoms with Crippen molar-refractivity contribution in [2.75, 3.05) is 0 Å². The third-order valence-corrected chi connectivity index (χ3v) is 9.87. The minimum absolute atomic E-state index is 0.593. The van der Waals surface area contributed by atoms with Crippen LogP contribution in [0, 0.1) is 11.3 Å². The number of nitriles is 1. The molecule has 1 heterocycles. The van der Waals surface area contributed by atoms with Gasteiger partial charge in [0.25, 0.3) is 0 Å². The second kappa shape index (κ2) is 12.5. The highest BCUT2D eigenvalue weighted by molar-refractivity contribution is 5.88. The Balaban J connectivity index is 1.27. The van der Waals surface area contributed by atoms with Gasteiger partial charge in [-0.15, -0.1) is 0 Å². The SMILES string of the molecule is N#Cc1ccc(-c2ccc(C3(c4ccccc4)c4ccccc4-c4ccc(-c5nc(-c6ccccc6)nc(-c6ccccc6)n5)cc43)cc2)cc1. The molecule has 0 amide bonds. The van der Waals surface area contributed by atoms with E-state index in [2.05, 4.69) is 103 Å². The van der Waals surface area contributed by atoms with Crippen LogP contribution in [0.1, 0.15) is 27.8 Å². The molecule has 0 bridgehead atoms. The first-order valence-corrected chi connectivity index (χ1v) is 17.0. The Morgan fingerprint density at radius 3 is 1.41 bits per heavy atom. The molecule has 1 atom stereocenters. The summed E-state index contributed by atoms with van der Waals surface area (Å²) in [5, 5.41) is 9.32. The third kappa shape index (κ3) is 5.12. The topological polar surface area (TPSA) is 62.5 Å². The summed E-state index contributed by atoms with van der Waals surface area (Å²) < 4.78 is 0. The normalized spacial score (nSPS) is 14.3. The molecule has 0 radical (unpaired) electrons. The van der Waals surface area contributed by atoms with E-state index in [0.29, 0.717) is 23.0 Å². The van der Waals surface area contributed by atoms with Gasteiger partial charge in [0.1, 0.15) is 0 Å². The second-order valence-corrected chi connectivity index (χ2v) is 12.7. The van der Waals surface area contributed by atoms with Crippen LogP contribution in [0.2, 0.25) is 0 Å². The van der Waals surface area contributed by atoms with E-state index < -0.39 is 5.41 Å². The molecule has 4 nitrogen and oxygen atoms in total. The van der Waals surface area contributed by atoms with Crippen LogP contribution in [0.15, 0.2) is 182 Å². The van der Waals surface area contributed by atoms with Crippen molar-refractivity contribution in [3.8, 4) is 62.5 Å². The van der Waals surface area contributed by atoms with Crippen LogP contribution >= 0.6 is 0 Å². The summed E-state index contributed by atoms with van der Waals surface area (Å²) in [4.78, 5) is 15.1. The summed E-state index contributed by atoms with van der Waals surface area (Å²) in [5.41, 5.74) is 12.2.